The Balaban J connectivity index is 2.52. The van der Waals surface area contributed by atoms with Crippen LogP contribution in [0.2, 0.25) is 0 Å². The number of carbonyl (C=O) groups excluding carboxylic acids is 1. The summed E-state index contributed by atoms with van der Waals surface area (Å²) in [6.07, 6.45) is 4.57. The van der Waals surface area contributed by atoms with Crippen LogP contribution in [-0.2, 0) is 4.79 Å². The summed E-state index contributed by atoms with van der Waals surface area (Å²) in [5, 5.41) is 2.81. The molecule has 1 rings (SSSR count). The number of hydrogen-bond donors (Lipinski definition) is 2. The number of anilines is 1. The number of pyridine rings is 1. The highest BCUT2D eigenvalue weighted by molar-refractivity contribution is 5.91. The van der Waals surface area contributed by atoms with Crippen molar-refractivity contribution in [3.63, 3.8) is 0 Å². The molecule has 0 fully saturated rings. The lowest BCUT2D eigenvalue weighted by atomic mass is 10.2. The maximum atomic E-state index is 11.3. The van der Waals surface area contributed by atoms with Crippen molar-refractivity contribution < 1.29 is 4.79 Å². The molecule has 0 aliphatic heterocycles. The highest BCUT2D eigenvalue weighted by Crippen LogP contribution is 2.11. The summed E-state index contributed by atoms with van der Waals surface area (Å²) in [6.45, 7) is 2.45. The Morgan fingerprint density at radius 3 is 3.07 bits per heavy atom. The molecular formula is C10H15N3O. The van der Waals surface area contributed by atoms with Crippen molar-refractivity contribution in [1.82, 2.24) is 4.98 Å². The number of nitrogens with two attached hydrogens (primary N) is 1. The van der Waals surface area contributed by atoms with Crippen LogP contribution < -0.4 is 11.1 Å². The van der Waals surface area contributed by atoms with Crippen LogP contribution in [0.5, 0.6) is 0 Å². The summed E-state index contributed by atoms with van der Waals surface area (Å²) < 4.78 is 0. The second kappa shape index (κ2) is 5.34. The van der Waals surface area contributed by atoms with Crippen LogP contribution in [0.3, 0.4) is 0 Å². The lowest BCUT2D eigenvalue weighted by Gasteiger charge is -2.06. The molecule has 0 unspecified atom stereocenters. The van der Waals surface area contributed by atoms with Crippen LogP contribution in [0.15, 0.2) is 18.5 Å². The second-order valence-electron chi connectivity index (χ2n) is 3.13. The average molecular weight is 193 g/mol. The van der Waals surface area contributed by atoms with Crippen LogP contribution in [0.4, 0.5) is 5.69 Å². The van der Waals surface area contributed by atoms with Crippen molar-refractivity contribution in [3.05, 3.63) is 24.0 Å². The quantitative estimate of drug-likeness (QED) is 0.751. The van der Waals surface area contributed by atoms with Gasteiger partial charge in [-0.15, -0.1) is 0 Å². The van der Waals surface area contributed by atoms with Crippen LogP contribution in [0.1, 0.15) is 18.4 Å². The molecule has 0 aliphatic rings. The van der Waals surface area contributed by atoms with Crippen molar-refractivity contribution in [2.24, 2.45) is 5.73 Å². The maximum absolute atomic E-state index is 11.3. The molecule has 4 nitrogen and oxygen atoms in total. The third kappa shape index (κ3) is 3.14. The number of amides is 1. The van der Waals surface area contributed by atoms with E-state index in [0.29, 0.717) is 13.0 Å². The summed E-state index contributed by atoms with van der Waals surface area (Å²) in [4.78, 5) is 15.3. The molecule has 0 spiro atoms. The highest BCUT2D eigenvalue weighted by Gasteiger charge is 2.02. The van der Waals surface area contributed by atoms with E-state index in [1.165, 1.54) is 0 Å². The Morgan fingerprint density at radius 2 is 2.43 bits per heavy atom. The number of carbonyl (C=O) groups is 1. The van der Waals surface area contributed by atoms with Crippen LogP contribution >= 0.6 is 0 Å². The van der Waals surface area contributed by atoms with Gasteiger partial charge in [-0.2, -0.15) is 0 Å². The van der Waals surface area contributed by atoms with Gasteiger partial charge in [0.15, 0.2) is 0 Å². The van der Waals surface area contributed by atoms with Crippen LogP contribution in [0, 0.1) is 6.92 Å². The van der Waals surface area contributed by atoms with E-state index in [-0.39, 0.29) is 5.91 Å². The third-order valence-electron chi connectivity index (χ3n) is 1.90. The fourth-order valence-corrected chi connectivity index (χ4v) is 1.09. The molecular weight excluding hydrogens is 178 g/mol. The molecule has 0 atom stereocenters. The molecule has 0 saturated heterocycles. The van der Waals surface area contributed by atoms with Gasteiger partial charge in [0.2, 0.25) is 5.91 Å². The summed E-state index contributed by atoms with van der Waals surface area (Å²) >= 11 is 0. The van der Waals surface area contributed by atoms with E-state index in [4.69, 9.17) is 5.73 Å². The first-order valence-electron chi connectivity index (χ1n) is 4.64. The Kier molecular flexibility index (Phi) is 4.07. The minimum absolute atomic E-state index is 0.00440. The normalized spacial score (nSPS) is 9.86. The predicted octanol–water partition coefficient (Wildman–Crippen LogP) is 1.07. The predicted molar refractivity (Wildman–Crippen MR) is 55.9 cm³/mol. The van der Waals surface area contributed by atoms with Gasteiger partial charge in [-0.25, -0.2) is 0 Å². The van der Waals surface area contributed by atoms with Gasteiger partial charge in [-0.05, 0) is 31.5 Å². The maximum Gasteiger partial charge on any atom is 0.224 e. The van der Waals surface area contributed by atoms with Crippen molar-refractivity contribution in [3.8, 4) is 0 Å². The zero-order chi connectivity index (χ0) is 10.4. The van der Waals surface area contributed by atoms with Gasteiger partial charge in [-0.3, -0.25) is 9.78 Å². The van der Waals surface area contributed by atoms with E-state index >= 15 is 0 Å². The van der Waals surface area contributed by atoms with E-state index in [2.05, 4.69) is 10.3 Å². The Hall–Kier alpha value is -1.42. The van der Waals surface area contributed by atoms with Gasteiger partial charge in [0.05, 0.1) is 0 Å². The summed E-state index contributed by atoms with van der Waals surface area (Å²) in [6, 6.07) is 1.79. The van der Waals surface area contributed by atoms with E-state index < -0.39 is 0 Å². The molecule has 1 aromatic rings. The molecule has 76 valence electrons. The molecule has 4 heteroatoms. The highest BCUT2D eigenvalue weighted by atomic mass is 16.1. The fraction of sp³-hybridized carbons (Fsp3) is 0.400. The minimum Gasteiger partial charge on any atom is -0.330 e. The van der Waals surface area contributed by atoms with Crippen LogP contribution in [0.25, 0.3) is 0 Å². The summed E-state index contributed by atoms with van der Waals surface area (Å²) in [7, 11) is 0. The van der Waals surface area contributed by atoms with Crippen molar-refractivity contribution in [2.45, 2.75) is 19.8 Å². The first-order chi connectivity index (χ1) is 6.74. The van der Waals surface area contributed by atoms with E-state index in [9.17, 15) is 4.79 Å². The number of rotatable bonds is 4. The Bertz CT molecular complexity index is 312. The number of hydrogen-bond acceptors (Lipinski definition) is 3. The number of nitrogens with zero attached hydrogens (tertiary/aromatic N) is 1. The molecule has 0 bridgehead atoms. The first kappa shape index (κ1) is 10.7. The molecule has 1 heterocycles. The molecule has 0 radical (unpaired) electrons. The summed E-state index contributed by atoms with van der Waals surface area (Å²) in [5.41, 5.74) is 7.10. The lowest BCUT2D eigenvalue weighted by Crippen LogP contribution is -2.14. The molecule has 0 saturated carbocycles. The van der Waals surface area contributed by atoms with Crippen molar-refractivity contribution in [2.75, 3.05) is 11.9 Å². The molecule has 1 amide bonds. The summed E-state index contributed by atoms with van der Waals surface area (Å²) in [5.74, 6) is 0.00440. The Labute approximate surface area is 83.5 Å². The minimum atomic E-state index is 0.00440. The first-order valence-corrected chi connectivity index (χ1v) is 4.64. The number of aromatic nitrogens is 1. The number of aryl methyl sites for hydroxylation is 1. The van der Waals surface area contributed by atoms with Gasteiger partial charge >= 0.3 is 0 Å². The average Bonchev–Trinajstić information content (AvgIpc) is 2.18. The monoisotopic (exact) mass is 193 g/mol. The molecule has 3 N–H and O–H groups in total. The smallest absolute Gasteiger partial charge is 0.224 e. The van der Waals surface area contributed by atoms with Gasteiger partial charge in [0.25, 0.3) is 0 Å². The third-order valence-corrected chi connectivity index (χ3v) is 1.90. The number of nitrogens with one attached hydrogen (secondary N) is 1. The van der Waals surface area contributed by atoms with Crippen molar-refractivity contribution >= 4 is 11.6 Å². The van der Waals surface area contributed by atoms with Gasteiger partial charge in [0, 0.05) is 24.5 Å². The molecule has 0 aliphatic carbocycles. The zero-order valence-corrected chi connectivity index (χ0v) is 8.29. The fourth-order valence-electron chi connectivity index (χ4n) is 1.09. The Morgan fingerprint density at radius 1 is 1.64 bits per heavy atom. The SMILES string of the molecule is Cc1cnccc1NC(=O)CCCN. The standard InChI is InChI=1S/C10H15N3O/c1-8-7-12-6-4-9(8)13-10(14)3-2-5-11/h4,6-7H,2-3,5,11H2,1H3,(H,12,13,14). The molecule has 1 aromatic heterocycles. The van der Waals surface area contributed by atoms with E-state index in [0.717, 1.165) is 17.7 Å². The largest absolute Gasteiger partial charge is 0.330 e. The van der Waals surface area contributed by atoms with Gasteiger partial charge in [-0.1, -0.05) is 0 Å². The van der Waals surface area contributed by atoms with Crippen molar-refractivity contribution in [1.29, 1.82) is 0 Å². The van der Waals surface area contributed by atoms with E-state index in [1.54, 1.807) is 18.5 Å². The van der Waals surface area contributed by atoms with Gasteiger partial charge < -0.3 is 11.1 Å². The van der Waals surface area contributed by atoms with E-state index in [1.807, 2.05) is 6.92 Å². The second-order valence-corrected chi connectivity index (χ2v) is 3.13. The van der Waals surface area contributed by atoms with Gasteiger partial charge in [0.1, 0.15) is 0 Å². The zero-order valence-electron chi connectivity index (χ0n) is 8.29. The lowest BCUT2D eigenvalue weighted by molar-refractivity contribution is -0.116. The van der Waals surface area contributed by atoms with Crippen LogP contribution in [-0.4, -0.2) is 17.4 Å². The topological polar surface area (TPSA) is 68.0 Å². The molecule has 0 aromatic carbocycles. The molecule has 14 heavy (non-hydrogen) atoms.